The van der Waals surface area contributed by atoms with Gasteiger partial charge < -0.3 is 14.5 Å². The minimum absolute atomic E-state index is 0.000215. The minimum Gasteiger partial charge on any atom is -0.457 e. The van der Waals surface area contributed by atoms with Crippen LogP contribution in [-0.4, -0.2) is 21.2 Å². The van der Waals surface area contributed by atoms with Gasteiger partial charge in [0.15, 0.2) is 0 Å². The van der Waals surface area contributed by atoms with E-state index in [1.807, 2.05) is 24.7 Å². The maximum absolute atomic E-state index is 6.69. The molecular weight excluding hydrogens is 675 g/mol. The topological polar surface area (TPSA) is 46.4 Å². The lowest BCUT2D eigenvalue weighted by molar-refractivity contribution is 0.483. The van der Waals surface area contributed by atoms with E-state index in [4.69, 9.17) is 9.72 Å². The third-order valence-electron chi connectivity index (χ3n) is 10.7. The SMILES string of the molecule is CC(C)(C)c1ccnc(-n2c3ccccc3c3ccc(Oc4cccc(N5CN(c6cc(C(C)(C)C)ccc6-c6ccccc6)c6cnccc65)c4)cc32)c1. The van der Waals surface area contributed by atoms with Crippen molar-refractivity contribution in [1.29, 1.82) is 0 Å². The van der Waals surface area contributed by atoms with Gasteiger partial charge >= 0.3 is 0 Å². The zero-order chi connectivity index (χ0) is 37.9. The summed E-state index contributed by atoms with van der Waals surface area (Å²) in [7, 11) is 0. The molecule has 1 aliphatic heterocycles. The highest BCUT2D eigenvalue weighted by atomic mass is 16.5. The Labute approximate surface area is 323 Å². The number of rotatable bonds is 6. The Morgan fingerprint density at radius 2 is 1.29 bits per heavy atom. The first-order chi connectivity index (χ1) is 26.5. The summed E-state index contributed by atoms with van der Waals surface area (Å²) < 4.78 is 8.95. The molecule has 55 heavy (non-hydrogen) atoms. The average molecular weight is 720 g/mol. The third-order valence-corrected chi connectivity index (χ3v) is 10.7. The van der Waals surface area contributed by atoms with Gasteiger partial charge in [0.1, 0.15) is 24.0 Å². The van der Waals surface area contributed by atoms with Gasteiger partial charge in [0.25, 0.3) is 0 Å². The van der Waals surface area contributed by atoms with Crippen molar-refractivity contribution in [3.8, 4) is 28.4 Å². The highest BCUT2D eigenvalue weighted by molar-refractivity contribution is 6.09. The first kappa shape index (κ1) is 34.4. The molecular formula is C49H45N5O. The Morgan fingerprint density at radius 3 is 2.11 bits per heavy atom. The molecule has 0 atom stereocenters. The van der Waals surface area contributed by atoms with Gasteiger partial charge in [-0.25, -0.2) is 4.98 Å². The quantitative estimate of drug-likeness (QED) is 0.171. The van der Waals surface area contributed by atoms with Gasteiger partial charge in [0, 0.05) is 46.5 Å². The van der Waals surface area contributed by atoms with Crippen molar-refractivity contribution < 1.29 is 4.74 Å². The fraction of sp³-hybridized carbons (Fsp3) is 0.184. The number of nitrogens with zero attached hydrogens (tertiary/aromatic N) is 5. The maximum atomic E-state index is 6.69. The fourth-order valence-corrected chi connectivity index (χ4v) is 7.74. The highest BCUT2D eigenvalue weighted by Crippen LogP contribution is 2.48. The van der Waals surface area contributed by atoms with Crippen LogP contribution in [0.1, 0.15) is 52.7 Å². The summed E-state index contributed by atoms with van der Waals surface area (Å²) >= 11 is 0. The lowest BCUT2D eigenvalue weighted by Crippen LogP contribution is -2.25. The van der Waals surface area contributed by atoms with Crippen LogP contribution in [0.4, 0.5) is 22.7 Å². The van der Waals surface area contributed by atoms with E-state index in [-0.39, 0.29) is 10.8 Å². The first-order valence-corrected chi connectivity index (χ1v) is 19.0. The second-order valence-corrected chi connectivity index (χ2v) is 16.5. The normalized spacial score (nSPS) is 13.1. The maximum Gasteiger partial charge on any atom is 0.137 e. The molecule has 4 heterocycles. The van der Waals surface area contributed by atoms with Gasteiger partial charge in [-0.05, 0) is 82.1 Å². The lowest BCUT2D eigenvalue weighted by Gasteiger charge is -2.27. The number of benzene rings is 5. The van der Waals surface area contributed by atoms with Crippen LogP contribution < -0.4 is 14.5 Å². The lowest BCUT2D eigenvalue weighted by atomic mass is 9.85. The van der Waals surface area contributed by atoms with E-state index in [1.54, 1.807) is 0 Å². The van der Waals surface area contributed by atoms with Crippen LogP contribution >= 0.6 is 0 Å². The van der Waals surface area contributed by atoms with Crippen LogP contribution in [0, 0.1) is 0 Å². The average Bonchev–Trinajstić information content (AvgIpc) is 3.74. The molecule has 5 aromatic carbocycles. The number of hydrogen-bond donors (Lipinski definition) is 0. The summed E-state index contributed by atoms with van der Waals surface area (Å²) in [6.45, 7) is 14.1. The number of anilines is 4. The van der Waals surface area contributed by atoms with Crippen LogP contribution in [-0.2, 0) is 10.8 Å². The molecule has 0 spiro atoms. The van der Waals surface area contributed by atoms with E-state index in [9.17, 15) is 0 Å². The molecule has 6 nitrogen and oxygen atoms in total. The van der Waals surface area contributed by atoms with Gasteiger partial charge in [-0.3, -0.25) is 9.55 Å². The number of hydrogen-bond acceptors (Lipinski definition) is 5. The van der Waals surface area contributed by atoms with Gasteiger partial charge in [0.2, 0.25) is 0 Å². The Balaban J connectivity index is 1.09. The monoisotopic (exact) mass is 719 g/mol. The van der Waals surface area contributed by atoms with Crippen LogP contribution in [0.2, 0.25) is 0 Å². The smallest absolute Gasteiger partial charge is 0.137 e. The molecule has 0 unspecified atom stereocenters. The summed E-state index contributed by atoms with van der Waals surface area (Å²) in [5.74, 6) is 2.42. The van der Waals surface area contributed by atoms with E-state index >= 15 is 0 Å². The summed E-state index contributed by atoms with van der Waals surface area (Å²) in [6.07, 6.45) is 5.77. The van der Waals surface area contributed by atoms with Crippen molar-refractivity contribution in [3.05, 3.63) is 163 Å². The van der Waals surface area contributed by atoms with E-state index < -0.39 is 0 Å². The second kappa shape index (κ2) is 13.2. The van der Waals surface area contributed by atoms with E-state index in [0.29, 0.717) is 6.67 Å². The van der Waals surface area contributed by atoms with Crippen molar-refractivity contribution in [1.82, 2.24) is 14.5 Å². The number of fused-ring (bicyclic) bond motifs is 4. The first-order valence-electron chi connectivity index (χ1n) is 19.0. The molecule has 0 fully saturated rings. The minimum atomic E-state index is -0.00281. The molecule has 6 heteroatoms. The van der Waals surface area contributed by atoms with E-state index in [2.05, 4.69) is 188 Å². The summed E-state index contributed by atoms with van der Waals surface area (Å²) in [4.78, 5) is 14.2. The summed E-state index contributed by atoms with van der Waals surface area (Å²) in [5.41, 5.74) is 11.4. The van der Waals surface area contributed by atoms with Gasteiger partial charge in [-0.2, -0.15) is 0 Å². The predicted molar refractivity (Wildman–Crippen MR) is 228 cm³/mol. The molecule has 272 valence electrons. The number of pyridine rings is 2. The van der Waals surface area contributed by atoms with Gasteiger partial charge in [-0.1, -0.05) is 108 Å². The Kier molecular flexibility index (Phi) is 8.23. The highest BCUT2D eigenvalue weighted by Gasteiger charge is 2.31. The Hall–Kier alpha value is -6.40. The fourth-order valence-electron chi connectivity index (χ4n) is 7.74. The molecule has 0 saturated carbocycles. The van der Waals surface area contributed by atoms with Gasteiger partial charge in [0.05, 0.1) is 34.3 Å². The van der Waals surface area contributed by atoms with Crippen molar-refractivity contribution in [2.75, 3.05) is 16.5 Å². The molecule has 3 aromatic heterocycles. The van der Waals surface area contributed by atoms with Crippen LogP contribution in [0.15, 0.2) is 152 Å². The van der Waals surface area contributed by atoms with Crippen molar-refractivity contribution >= 4 is 44.6 Å². The zero-order valence-corrected chi connectivity index (χ0v) is 32.3. The van der Waals surface area contributed by atoms with E-state index in [0.717, 1.165) is 56.5 Å². The van der Waals surface area contributed by atoms with Crippen LogP contribution in [0.5, 0.6) is 11.5 Å². The number of para-hydroxylation sites is 1. The molecule has 0 saturated heterocycles. The Bertz CT molecular complexity index is 2700. The van der Waals surface area contributed by atoms with Crippen molar-refractivity contribution in [3.63, 3.8) is 0 Å². The summed E-state index contributed by atoms with van der Waals surface area (Å²) in [5, 5.41) is 2.34. The Morgan fingerprint density at radius 1 is 0.545 bits per heavy atom. The molecule has 9 rings (SSSR count). The predicted octanol–water partition coefficient (Wildman–Crippen LogP) is 12.9. The van der Waals surface area contributed by atoms with E-state index in [1.165, 1.54) is 27.6 Å². The number of aromatic nitrogens is 3. The van der Waals surface area contributed by atoms with Crippen LogP contribution in [0.25, 0.3) is 38.8 Å². The standard InChI is InChI=1S/C49H45N5O/c1-48(2,3)34-19-21-39(33-13-8-7-9-14-33)44(27-34)53-32-52(43-24-25-50-31-46(43)53)36-15-12-16-37(29-36)55-38-20-22-41-40-17-10-11-18-42(40)54(45(41)30-38)47-28-35(23-26-51-47)49(4,5)6/h7-31H,32H2,1-6H3. The van der Waals surface area contributed by atoms with Crippen molar-refractivity contribution in [2.45, 2.75) is 52.4 Å². The van der Waals surface area contributed by atoms with Crippen LogP contribution in [0.3, 0.4) is 0 Å². The molecule has 8 aromatic rings. The third kappa shape index (κ3) is 6.27. The molecule has 0 amide bonds. The van der Waals surface area contributed by atoms with Gasteiger partial charge in [-0.15, -0.1) is 0 Å². The zero-order valence-electron chi connectivity index (χ0n) is 32.3. The molecule has 0 radical (unpaired) electrons. The second-order valence-electron chi connectivity index (χ2n) is 16.5. The summed E-state index contributed by atoms with van der Waals surface area (Å²) in [6, 6.07) is 47.2. The largest absolute Gasteiger partial charge is 0.457 e. The number of ether oxygens (including phenoxy) is 1. The van der Waals surface area contributed by atoms with Crippen molar-refractivity contribution in [2.24, 2.45) is 0 Å². The molecule has 0 N–H and O–H groups in total. The molecule has 0 aliphatic carbocycles. The molecule has 0 bridgehead atoms. The molecule has 1 aliphatic rings.